The molecule has 0 aliphatic carbocycles. The monoisotopic (exact) mass is 181 g/mol. The number of aliphatic hydroxyl groups excluding tert-OH is 1. The van der Waals surface area contributed by atoms with Crippen LogP contribution in [0.4, 0.5) is 0 Å². The molecule has 1 heterocycles. The second-order valence-corrected chi connectivity index (χ2v) is 3.16. The molecule has 13 heavy (non-hydrogen) atoms. The Morgan fingerprint density at radius 2 is 2.62 bits per heavy atom. The molecule has 4 heteroatoms. The van der Waals surface area contributed by atoms with Crippen LogP contribution in [0.25, 0.3) is 4.98 Å². The number of aliphatic hydroxyl groups is 1. The van der Waals surface area contributed by atoms with Crippen molar-refractivity contribution in [2.45, 2.75) is 25.4 Å². The SMILES string of the molecule is C=C1CCC(C/C(O)=C/[N+]#N)OC1. The first-order valence-corrected chi connectivity index (χ1v) is 4.23. The zero-order valence-corrected chi connectivity index (χ0v) is 7.44. The van der Waals surface area contributed by atoms with Crippen LogP contribution in [-0.4, -0.2) is 17.8 Å². The highest BCUT2D eigenvalue weighted by Crippen LogP contribution is 2.20. The molecule has 0 aromatic rings. The maximum atomic E-state index is 9.17. The van der Waals surface area contributed by atoms with E-state index in [1.807, 2.05) is 0 Å². The van der Waals surface area contributed by atoms with Gasteiger partial charge in [-0.25, -0.2) is 0 Å². The predicted octanol–water partition coefficient (Wildman–Crippen LogP) is 2.36. The zero-order valence-electron chi connectivity index (χ0n) is 7.44. The number of rotatable bonds is 2. The summed E-state index contributed by atoms with van der Waals surface area (Å²) in [4.78, 5) is 2.73. The van der Waals surface area contributed by atoms with E-state index in [2.05, 4.69) is 11.6 Å². The van der Waals surface area contributed by atoms with E-state index in [9.17, 15) is 5.11 Å². The van der Waals surface area contributed by atoms with Crippen molar-refractivity contribution in [3.05, 3.63) is 29.1 Å². The molecule has 1 rings (SSSR count). The molecule has 1 N–H and O–H groups in total. The van der Waals surface area contributed by atoms with Crippen LogP contribution in [0.3, 0.4) is 0 Å². The third kappa shape index (κ3) is 3.26. The second-order valence-electron chi connectivity index (χ2n) is 3.16. The van der Waals surface area contributed by atoms with Gasteiger partial charge in [0.25, 0.3) is 0 Å². The first-order valence-electron chi connectivity index (χ1n) is 4.23. The quantitative estimate of drug-likeness (QED) is 0.404. The van der Waals surface area contributed by atoms with Crippen molar-refractivity contribution in [2.24, 2.45) is 0 Å². The predicted molar refractivity (Wildman–Crippen MR) is 48.5 cm³/mol. The molecule has 1 fully saturated rings. The fourth-order valence-electron chi connectivity index (χ4n) is 1.27. The molecular formula is C9H13N2O2+. The van der Waals surface area contributed by atoms with Crippen molar-refractivity contribution in [2.75, 3.05) is 6.61 Å². The van der Waals surface area contributed by atoms with Gasteiger partial charge in [0.2, 0.25) is 5.39 Å². The lowest BCUT2D eigenvalue weighted by Crippen LogP contribution is -2.20. The topological polar surface area (TPSA) is 57.6 Å². The molecule has 0 aromatic carbocycles. The third-order valence-corrected chi connectivity index (χ3v) is 1.99. The van der Waals surface area contributed by atoms with Crippen molar-refractivity contribution in [3.63, 3.8) is 0 Å². The highest BCUT2D eigenvalue weighted by atomic mass is 16.5. The lowest BCUT2D eigenvalue weighted by Gasteiger charge is -2.23. The molecule has 4 nitrogen and oxygen atoms in total. The van der Waals surface area contributed by atoms with Gasteiger partial charge >= 0.3 is 6.20 Å². The van der Waals surface area contributed by atoms with E-state index in [1.54, 1.807) is 0 Å². The highest BCUT2D eigenvalue weighted by molar-refractivity contribution is 5.02. The largest absolute Gasteiger partial charge is 0.505 e. The van der Waals surface area contributed by atoms with E-state index in [4.69, 9.17) is 10.1 Å². The molecule has 0 bridgehead atoms. The Morgan fingerprint density at radius 1 is 1.85 bits per heavy atom. The number of diazo groups is 1. The molecule has 1 aliphatic heterocycles. The van der Waals surface area contributed by atoms with Crippen molar-refractivity contribution in [1.29, 1.82) is 5.39 Å². The first kappa shape index (κ1) is 9.75. The molecule has 70 valence electrons. The van der Waals surface area contributed by atoms with Gasteiger partial charge in [0.1, 0.15) is 0 Å². The van der Waals surface area contributed by atoms with Crippen LogP contribution in [0.2, 0.25) is 0 Å². The summed E-state index contributed by atoms with van der Waals surface area (Å²) in [7, 11) is 0. The second kappa shape index (κ2) is 4.63. The summed E-state index contributed by atoms with van der Waals surface area (Å²) in [5.41, 5.74) is 1.09. The van der Waals surface area contributed by atoms with Crippen LogP contribution in [0, 0.1) is 5.39 Å². The summed E-state index contributed by atoms with van der Waals surface area (Å²) >= 11 is 0. The standard InChI is InChI=1S/C9H12N2O2/c1-7-2-3-9(13-6-7)4-8(12)5-11-10/h5,9H,1-4,6H2/p+1/b8-5-. The lowest BCUT2D eigenvalue weighted by molar-refractivity contribution is 0.0366. The Kier molecular flexibility index (Phi) is 3.47. The van der Waals surface area contributed by atoms with Gasteiger partial charge in [0.05, 0.1) is 12.7 Å². The van der Waals surface area contributed by atoms with Gasteiger partial charge in [-0.1, -0.05) is 12.2 Å². The zero-order chi connectivity index (χ0) is 9.68. The van der Waals surface area contributed by atoms with Gasteiger partial charge in [-0.05, 0) is 12.8 Å². The minimum Gasteiger partial charge on any atom is -0.505 e. The molecular weight excluding hydrogens is 168 g/mol. The average Bonchev–Trinajstić information content (AvgIpc) is 2.09. The summed E-state index contributed by atoms with van der Waals surface area (Å²) < 4.78 is 5.38. The van der Waals surface area contributed by atoms with E-state index in [1.165, 1.54) is 0 Å². The van der Waals surface area contributed by atoms with Crippen LogP contribution in [0.15, 0.2) is 24.1 Å². The first-order chi connectivity index (χ1) is 6.22. The number of hydrogen-bond donors (Lipinski definition) is 1. The fourth-order valence-corrected chi connectivity index (χ4v) is 1.27. The summed E-state index contributed by atoms with van der Waals surface area (Å²) in [6, 6.07) is 0. The lowest BCUT2D eigenvalue weighted by atomic mass is 10.0. The smallest absolute Gasteiger partial charge is 0.387 e. The van der Waals surface area contributed by atoms with Gasteiger partial charge < -0.3 is 9.84 Å². The van der Waals surface area contributed by atoms with Gasteiger partial charge in [-0.15, -0.1) is 0 Å². The molecule has 1 unspecified atom stereocenters. The fraction of sp³-hybridized carbons (Fsp3) is 0.556. The number of ether oxygens (including phenoxy) is 1. The van der Waals surface area contributed by atoms with Crippen molar-refractivity contribution in [1.82, 2.24) is 0 Å². The molecule has 1 aliphatic rings. The average molecular weight is 181 g/mol. The Labute approximate surface area is 77.1 Å². The summed E-state index contributed by atoms with van der Waals surface area (Å²) in [5, 5.41) is 17.3. The van der Waals surface area contributed by atoms with Gasteiger partial charge in [0, 0.05) is 6.42 Å². The summed E-state index contributed by atoms with van der Waals surface area (Å²) in [6.45, 7) is 4.37. The molecule has 1 saturated heterocycles. The number of nitrogens with zero attached hydrogens (tertiary/aromatic N) is 2. The number of hydrogen-bond acceptors (Lipinski definition) is 3. The molecule has 0 amide bonds. The van der Waals surface area contributed by atoms with Crippen LogP contribution >= 0.6 is 0 Å². The highest BCUT2D eigenvalue weighted by Gasteiger charge is 2.18. The van der Waals surface area contributed by atoms with Crippen LogP contribution < -0.4 is 0 Å². The van der Waals surface area contributed by atoms with E-state index in [-0.39, 0.29) is 11.9 Å². The normalized spacial score (nSPS) is 24.1. The van der Waals surface area contributed by atoms with Crippen molar-refractivity contribution in [3.8, 4) is 0 Å². The Balaban J connectivity index is 2.35. The van der Waals surface area contributed by atoms with Crippen molar-refractivity contribution >= 4 is 0 Å². The molecule has 1 atom stereocenters. The third-order valence-electron chi connectivity index (χ3n) is 1.99. The van der Waals surface area contributed by atoms with Gasteiger partial charge in [-0.3, -0.25) is 0 Å². The Bertz CT molecular complexity index is 255. The van der Waals surface area contributed by atoms with E-state index >= 15 is 0 Å². The maximum Gasteiger partial charge on any atom is 0.387 e. The van der Waals surface area contributed by atoms with Crippen molar-refractivity contribution < 1.29 is 9.84 Å². The Morgan fingerprint density at radius 3 is 3.15 bits per heavy atom. The maximum absolute atomic E-state index is 9.17. The van der Waals surface area contributed by atoms with Gasteiger partial charge in [0.15, 0.2) is 10.7 Å². The minimum absolute atomic E-state index is 0.0171. The molecule has 0 saturated carbocycles. The van der Waals surface area contributed by atoms with Crippen LogP contribution in [0.1, 0.15) is 19.3 Å². The van der Waals surface area contributed by atoms with E-state index in [0.29, 0.717) is 13.0 Å². The van der Waals surface area contributed by atoms with E-state index in [0.717, 1.165) is 24.6 Å². The molecule has 0 spiro atoms. The van der Waals surface area contributed by atoms with Crippen LogP contribution in [-0.2, 0) is 4.74 Å². The van der Waals surface area contributed by atoms with Gasteiger partial charge in [-0.2, -0.15) is 0 Å². The molecule has 0 radical (unpaired) electrons. The Hall–Kier alpha value is -1.34. The van der Waals surface area contributed by atoms with Crippen LogP contribution in [0.5, 0.6) is 0 Å². The minimum atomic E-state index is 0.0171. The summed E-state index contributed by atoms with van der Waals surface area (Å²) in [5.74, 6) is 0.0417. The molecule has 0 aromatic heterocycles. The van der Waals surface area contributed by atoms with E-state index < -0.39 is 0 Å². The summed E-state index contributed by atoms with van der Waals surface area (Å²) in [6.07, 6.45) is 3.24.